The van der Waals surface area contributed by atoms with Gasteiger partial charge < -0.3 is 4.98 Å². The largest absolute Gasteiger partial charge is 0.336 e. The van der Waals surface area contributed by atoms with Crippen molar-refractivity contribution in [3.05, 3.63) is 77.0 Å². The molecule has 1 N–H and O–H groups in total. The molecule has 0 amide bonds. The number of H-pyrrole nitrogens is 1. The number of benzene rings is 1. The summed E-state index contributed by atoms with van der Waals surface area (Å²) in [4.78, 5) is 16.9. The van der Waals surface area contributed by atoms with Crippen molar-refractivity contribution in [2.24, 2.45) is 0 Å². The molecule has 1 aromatic carbocycles. The van der Waals surface area contributed by atoms with Gasteiger partial charge in [0.2, 0.25) is 0 Å². The lowest BCUT2D eigenvalue weighted by Gasteiger charge is -2.01. The van der Waals surface area contributed by atoms with E-state index in [1.165, 1.54) is 0 Å². The van der Waals surface area contributed by atoms with E-state index in [1.807, 2.05) is 42.5 Å². The van der Waals surface area contributed by atoms with Crippen LogP contribution in [0.3, 0.4) is 0 Å². The highest BCUT2D eigenvalue weighted by atomic mass is 35.5. The van der Waals surface area contributed by atoms with Crippen molar-refractivity contribution >= 4 is 23.2 Å². The molecule has 6 heteroatoms. The number of imidazole rings is 1. The first-order valence-electron chi connectivity index (χ1n) is 7.60. The number of nitrogens with one attached hydrogen (secondary N) is 1. The summed E-state index contributed by atoms with van der Waals surface area (Å²) in [5.41, 5.74) is 3.83. The molecule has 3 aromatic heterocycles. The van der Waals surface area contributed by atoms with Gasteiger partial charge in [0.05, 0.1) is 22.1 Å². The quantitative estimate of drug-likeness (QED) is 0.520. The average Bonchev–Trinajstić information content (AvgIpc) is 3.08. The van der Waals surface area contributed by atoms with Crippen LogP contribution in [0.4, 0.5) is 0 Å². The molecule has 25 heavy (non-hydrogen) atoms. The molecule has 122 valence electrons. The van der Waals surface area contributed by atoms with Gasteiger partial charge in [0.15, 0.2) is 0 Å². The normalized spacial score (nSPS) is 10.8. The van der Waals surface area contributed by atoms with E-state index in [1.54, 1.807) is 24.5 Å². The van der Waals surface area contributed by atoms with Crippen LogP contribution in [-0.4, -0.2) is 19.9 Å². The first-order valence-corrected chi connectivity index (χ1v) is 8.36. The molecule has 0 fully saturated rings. The van der Waals surface area contributed by atoms with Crippen molar-refractivity contribution in [2.75, 3.05) is 0 Å². The maximum atomic E-state index is 6.34. The molecule has 0 saturated heterocycles. The summed E-state index contributed by atoms with van der Waals surface area (Å²) >= 11 is 12.3. The zero-order chi connectivity index (χ0) is 17.2. The van der Waals surface area contributed by atoms with Gasteiger partial charge in [0.1, 0.15) is 11.5 Å². The monoisotopic (exact) mass is 366 g/mol. The van der Waals surface area contributed by atoms with Crippen LogP contribution in [0.25, 0.3) is 34.2 Å². The maximum absolute atomic E-state index is 6.34. The lowest BCUT2D eigenvalue weighted by molar-refractivity contribution is 1.27. The molecule has 0 radical (unpaired) electrons. The molecular weight excluding hydrogens is 355 g/mol. The maximum Gasteiger partial charge on any atom is 0.140 e. The summed E-state index contributed by atoms with van der Waals surface area (Å²) in [5.74, 6) is 0.642. The van der Waals surface area contributed by atoms with Gasteiger partial charge in [-0.05, 0) is 42.5 Å². The second-order valence-corrected chi connectivity index (χ2v) is 6.21. The van der Waals surface area contributed by atoms with Crippen LogP contribution in [0, 0.1) is 0 Å². The fourth-order valence-corrected chi connectivity index (χ4v) is 3.06. The molecule has 4 aromatic rings. The van der Waals surface area contributed by atoms with E-state index in [0.29, 0.717) is 15.9 Å². The molecule has 4 nitrogen and oxygen atoms in total. The smallest absolute Gasteiger partial charge is 0.140 e. The molecular formula is C19H12Cl2N4. The van der Waals surface area contributed by atoms with Crippen molar-refractivity contribution in [1.29, 1.82) is 0 Å². The zero-order valence-electron chi connectivity index (χ0n) is 12.9. The van der Waals surface area contributed by atoms with Gasteiger partial charge in [0, 0.05) is 23.0 Å². The summed E-state index contributed by atoms with van der Waals surface area (Å²) in [5, 5.41) is 1.11. The van der Waals surface area contributed by atoms with Crippen molar-refractivity contribution in [2.45, 2.75) is 0 Å². The predicted molar refractivity (Wildman–Crippen MR) is 101 cm³/mol. The molecule has 0 saturated carbocycles. The van der Waals surface area contributed by atoms with E-state index >= 15 is 0 Å². The molecule has 0 aliphatic carbocycles. The average molecular weight is 367 g/mol. The molecule has 0 atom stereocenters. The van der Waals surface area contributed by atoms with Crippen LogP contribution in [0.5, 0.6) is 0 Å². The number of aromatic amines is 1. The lowest BCUT2D eigenvalue weighted by Crippen LogP contribution is -1.88. The van der Waals surface area contributed by atoms with Crippen LogP contribution >= 0.6 is 23.2 Å². The van der Waals surface area contributed by atoms with Crippen LogP contribution in [0.1, 0.15) is 0 Å². The first kappa shape index (κ1) is 15.8. The van der Waals surface area contributed by atoms with Gasteiger partial charge in [-0.3, -0.25) is 9.97 Å². The van der Waals surface area contributed by atoms with Crippen molar-refractivity contribution in [1.82, 2.24) is 19.9 Å². The summed E-state index contributed by atoms with van der Waals surface area (Å²) in [6.45, 7) is 0. The number of nitrogens with zero attached hydrogens (tertiary/aromatic N) is 3. The van der Waals surface area contributed by atoms with Crippen LogP contribution in [-0.2, 0) is 0 Å². The Bertz CT molecular complexity index is 957. The summed E-state index contributed by atoms with van der Waals surface area (Å²) in [6.07, 6.45) is 3.48. The summed E-state index contributed by atoms with van der Waals surface area (Å²) in [7, 11) is 0. The highest BCUT2D eigenvalue weighted by Gasteiger charge is 2.18. The molecule has 0 unspecified atom stereocenters. The van der Waals surface area contributed by atoms with Crippen LogP contribution in [0.15, 0.2) is 67.0 Å². The third-order valence-electron chi connectivity index (χ3n) is 3.72. The minimum Gasteiger partial charge on any atom is -0.336 e. The Balaban J connectivity index is 1.92. The van der Waals surface area contributed by atoms with Gasteiger partial charge >= 0.3 is 0 Å². The summed E-state index contributed by atoms with van der Waals surface area (Å²) < 4.78 is 0. The number of hydrogen-bond donors (Lipinski definition) is 1. The Morgan fingerprint density at radius 1 is 0.800 bits per heavy atom. The highest BCUT2D eigenvalue weighted by molar-refractivity contribution is 6.36. The third kappa shape index (κ3) is 3.14. The van der Waals surface area contributed by atoms with Crippen LogP contribution < -0.4 is 0 Å². The van der Waals surface area contributed by atoms with Crippen molar-refractivity contribution in [3.63, 3.8) is 0 Å². The Hall–Kier alpha value is -2.69. The van der Waals surface area contributed by atoms with Crippen molar-refractivity contribution in [3.8, 4) is 34.2 Å². The minimum absolute atomic E-state index is 0.529. The lowest BCUT2D eigenvalue weighted by atomic mass is 10.2. The number of halogens is 2. The Labute approximate surface area is 154 Å². The molecule has 0 aliphatic rings. The number of pyridine rings is 2. The standard InChI is InChI=1S/C19H12Cl2N4/c20-12-7-8-13(14(21)11-12)19-24-17(15-5-1-3-9-22-15)18(25-19)16-6-2-4-10-23-16/h1-11H,(H,24,25). The van der Waals surface area contributed by atoms with E-state index < -0.39 is 0 Å². The zero-order valence-corrected chi connectivity index (χ0v) is 14.5. The predicted octanol–water partition coefficient (Wildman–Crippen LogP) is 5.51. The fraction of sp³-hybridized carbons (Fsp3) is 0. The first-order chi connectivity index (χ1) is 12.2. The topological polar surface area (TPSA) is 54.5 Å². The molecule has 0 aliphatic heterocycles. The molecule has 4 rings (SSSR count). The van der Waals surface area contributed by atoms with E-state index in [-0.39, 0.29) is 0 Å². The van der Waals surface area contributed by atoms with Gasteiger partial charge in [-0.2, -0.15) is 0 Å². The van der Waals surface area contributed by atoms with E-state index in [9.17, 15) is 0 Å². The van der Waals surface area contributed by atoms with Crippen LogP contribution in [0.2, 0.25) is 10.0 Å². The number of rotatable bonds is 3. The second kappa shape index (κ2) is 6.67. The Morgan fingerprint density at radius 3 is 2.16 bits per heavy atom. The van der Waals surface area contributed by atoms with Gasteiger partial charge in [-0.25, -0.2) is 4.98 Å². The van der Waals surface area contributed by atoms with Gasteiger partial charge in [0.25, 0.3) is 0 Å². The third-order valence-corrected chi connectivity index (χ3v) is 4.27. The highest BCUT2D eigenvalue weighted by Crippen LogP contribution is 2.34. The fourth-order valence-electron chi connectivity index (χ4n) is 2.57. The molecule has 0 bridgehead atoms. The van der Waals surface area contributed by atoms with E-state index in [0.717, 1.165) is 28.3 Å². The minimum atomic E-state index is 0.529. The molecule has 0 spiro atoms. The molecule has 3 heterocycles. The number of hydrogen-bond acceptors (Lipinski definition) is 3. The number of aromatic nitrogens is 4. The Morgan fingerprint density at radius 2 is 1.52 bits per heavy atom. The van der Waals surface area contributed by atoms with E-state index in [4.69, 9.17) is 28.2 Å². The second-order valence-electron chi connectivity index (χ2n) is 5.36. The summed E-state index contributed by atoms with van der Waals surface area (Å²) in [6, 6.07) is 16.8. The van der Waals surface area contributed by atoms with Gasteiger partial charge in [-0.1, -0.05) is 35.3 Å². The van der Waals surface area contributed by atoms with Gasteiger partial charge in [-0.15, -0.1) is 0 Å². The van der Waals surface area contributed by atoms with Crippen molar-refractivity contribution < 1.29 is 0 Å². The Kier molecular flexibility index (Phi) is 4.22. The van der Waals surface area contributed by atoms with E-state index in [2.05, 4.69) is 15.0 Å². The SMILES string of the molecule is Clc1ccc(-c2nc(-c3ccccn3)c(-c3ccccn3)[nH]2)c(Cl)c1.